The van der Waals surface area contributed by atoms with Crippen LogP contribution in [0.1, 0.15) is 38.4 Å². The van der Waals surface area contributed by atoms with Gasteiger partial charge in [0.2, 0.25) is 0 Å². The zero-order chi connectivity index (χ0) is 22.9. The van der Waals surface area contributed by atoms with E-state index in [4.69, 9.17) is 4.74 Å². The topological polar surface area (TPSA) is 62.7 Å². The summed E-state index contributed by atoms with van der Waals surface area (Å²) in [4.78, 5) is 34.6. The van der Waals surface area contributed by atoms with Gasteiger partial charge in [0.05, 0.1) is 28.8 Å². The van der Waals surface area contributed by atoms with E-state index in [-0.39, 0.29) is 11.7 Å². The molecule has 0 N–H and O–H groups in total. The number of rotatable bonds is 4. The van der Waals surface area contributed by atoms with Crippen LogP contribution in [0.5, 0.6) is 0 Å². The van der Waals surface area contributed by atoms with Crippen molar-refractivity contribution in [3.63, 3.8) is 0 Å². The predicted octanol–water partition coefficient (Wildman–Crippen LogP) is 4.53. The van der Waals surface area contributed by atoms with Gasteiger partial charge in [-0.15, -0.1) is 11.3 Å². The summed E-state index contributed by atoms with van der Waals surface area (Å²) < 4.78 is 5.57. The van der Waals surface area contributed by atoms with Gasteiger partial charge in [0.15, 0.2) is 5.78 Å². The van der Waals surface area contributed by atoms with Crippen LogP contribution in [0.4, 0.5) is 5.00 Å². The van der Waals surface area contributed by atoms with Crippen molar-refractivity contribution in [2.45, 2.75) is 19.3 Å². The molecule has 1 aliphatic heterocycles. The Morgan fingerprint density at radius 1 is 1.09 bits per heavy atom. The number of carbonyl (C=O) groups is 2. The minimum absolute atomic E-state index is 0.0342. The number of hydrogen-bond donors (Lipinski definition) is 0. The maximum Gasteiger partial charge on any atom is 0.253 e. The fraction of sp³-hybridized carbons (Fsp3) is 0.346. The molecule has 3 heterocycles. The fourth-order valence-electron chi connectivity index (χ4n) is 4.56. The van der Waals surface area contributed by atoms with Crippen molar-refractivity contribution < 1.29 is 14.3 Å². The molecule has 0 radical (unpaired) electrons. The first-order chi connectivity index (χ1) is 16.0. The van der Waals surface area contributed by atoms with Gasteiger partial charge in [0.25, 0.3) is 5.91 Å². The van der Waals surface area contributed by atoms with E-state index in [2.05, 4.69) is 16.0 Å². The molecule has 0 saturated carbocycles. The van der Waals surface area contributed by atoms with Crippen LogP contribution in [0.25, 0.3) is 22.4 Å². The van der Waals surface area contributed by atoms with Crippen LogP contribution >= 0.6 is 11.3 Å². The van der Waals surface area contributed by atoms with E-state index in [1.165, 1.54) is 5.56 Å². The molecule has 1 aromatic carbocycles. The van der Waals surface area contributed by atoms with E-state index < -0.39 is 0 Å². The second-order valence-corrected chi connectivity index (χ2v) is 9.68. The Bertz CT molecular complexity index is 1210. The van der Waals surface area contributed by atoms with Crippen LogP contribution in [0.2, 0.25) is 0 Å². The summed E-state index contributed by atoms with van der Waals surface area (Å²) in [7, 11) is 3.50. The van der Waals surface area contributed by atoms with Crippen LogP contribution in [0.3, 0.4) is 0 Å². The molecule has 0 bridgehead atoms. The minimum atomic E-state index is -0.0342. The van der Waals surface area contributed by atoms with Crippen molar-refractivity contribution in [2.24, 2.45) is 0 Å². The number of aromatic nitrogens is 1. The molecule has 33 heavy (non-hydrogen) atoms. The summed E-state index contributed by atoms with van der Waals surface area (Å²) in [6, 6.07) is 11.7. The van der Waals surface area contributed by atoms with E-state index in [9.17, 15) is 9.59 Å². The summed E-state index contributed by atoms with van der Waals surface area (Å²) in [5.41, 5.74) is 5.75. The second kappa shape index (κ2) is 9.08. The first-order valence-corrected chi connectivity index (χ1v) is 12.1. The largest absolute Gasteiger partial charge is 0.378 e. The molecule has 0 spiro atoms. The fourth-order valence-corrected chi connectivity index (χ4v) is 5.95. The van der Waals surface area contributed by atoms with Gasteiger partial charge in [0, 0.05) is 56.5 Å². The van der Waals surface area contributed by atoms with E-state index in [1.54, 1.807) is 30.3 Å². The molecule has 5 rings (SSSR count). The number of nitrogens with zero attached hydrogens (tertiary/aromatic N) is 3. The number of fused-ring (bicyclic) bond motifs is 1. The van der Waals surface area contributed by atoms with Crippen molar-refractivity contribution in [1.29, 1.82) is 0 Å². The van der Waals surface area contributed by atoms with Gasteiger partial charge in [-0.3, -0.25) is 14.6 Å². The molecule has 6 nitrogen and oxygen atoms in total. The highest BCUT2D eigenvalue weighted by atomic mass is 32.1. The third kappa shape index (κ3) is 4.18. The quantitative estimate of drug-likeness (QED) is 0.571. The molecule has 0 atom stereocenters. The number of morpholine rings is 1. The number of amides is 1. The number of carbonyl (C=O) groups excluding carboxylic acids is 2. The Morgan fingerprint density at radius 3 is 2.70 bits per heavy atom. The Morgan fingerprint density at radius 2 is 1.91 bits per heavy atom. The van der Waals surface area contributed by atoms with Gasteiger partial charge in [-0.2, -0.15) is 0 Å². The summed E-state index contributed by atoms with van der Waals surface area (Å²) >= 11 is 1.63. The molecule has 1 aliphatic carbocycles. The maximum atomic E-state index is 12.7. The molecule has 1 fully saturated rings. The minimum Gasteiger partial charge on any atom is -0.378 e. The molecule has 2 aromatic heterocycles. The SMILES string of the molecule is CN(C)C(=O)c1cccc(-c2cc(-c3c(N4CCOCC4)sc4c3CCCC4=O)ccn2)c1. The van der Waals surface area contributed by atoms with Gasteiger partial charge in [-0.1, -0.05) is 12.1 Å². The second-order valence-electron chi connectivity index (χ2n) is 8.68. The highest BCUT2D eigenvalue weighted by molar-refractivity contribution is 7.19. The molecule has 170 valence electrons. The number of thiophene rings is 1. The standard InChI is InChI=1S/C26H27N3O3S/c1-28(2)25(31)19-6-3-5-17(15-19)21-16-18(9-10-27-21)23-20-7-4-8-22(30)24(20)33-26(23)29-11-13-32-14-12-29/h3,5-6,9-10,15-16H,4,7-8,11-14H2,1-2H3. The number of Topliss-reactive ketones (excluding diaryl/α,β-unsaturated/α-hetero) is 1. The smallest absolute Gasteiger partial charge is 0.253 e. The molecular weight excluding hydrogens is 434 g/mol. The normalized spacial score (nSPS) is 15.9. The Balaban J connectivity index is 1.60. The summed E-state index contributed by atoms with van der Waals surface area (Å²) in [5.74, 6) is 0.221. The Kier molecular flexibility index (Phi) is 6.00. The van der Waals surface area contributed by atoms with E-state index >= 15 is 0 Å². The van der Waals surface area contributed by atoms with Crippen molar-refractivity contribution in [1.82, 2.24) is 9.88 Å². The van der Waals surface area contributed by atoms with Crippen molar-refractivity contribution in [2.75, 3.05) is 45.3 Å². The third-order valence-corrected chi connectivity index (χ3v) is 7.56. The van der Waals surface area contributed by atoms with E-state index in [0.29, 0.717) is 25.2 Å². The average molecular weight is 462 g/mol. The highest BCUT2D eigenvalue weighted by Gasteiger charge is 2.29. The Labute approximate surface area is 197 Å². The molecule has 1 saturated heterocycles. The lowest BCUT2D eigenvalue weighted by Crippen LogP contribution is -2.35. The van der Waals surface area contributed by atoms with Crippen molar-refractivity contribution in [3.05, 3.63) is 58.6 Å². The lowest BCUT2D eigenvalue weighted by atomic mass is 9.91. The summed E-state index contributed by atoms with van der Waals surface area (Å²) in [6.45, 7) is 3.05. The van der Waals surface area contributed by atoms with Crippen LogP contribution in [-0.2, 0) is 11.2 Å². The van der Waals surface area contributed by atoms with Gasteiger partial charge in [0.1, 0.15) is 0 Å². The van der Waals surface area contributed by atoms with Gasteiger partial charge >= 0.3 is 0 Å². The monoisotopic (exact) mass is 461 g/mol. The lowest BCUT2D eigenvalue weighted by Gasteiger charge is -2.29. The van der Waals surface area contributed by atoms with Crippen LogP contribution < -0.4 is 4.90 Å². The number of ether oxygens (including phenoxy) is 1. The summed E-state index contributed by atoms with van der Waals surface area (Å²) in [6.07, 6.45) is 4.26. The zero-order valence-corrected chi connectivity index (χ0v) is 19.8. The van der Waals surface area contributed by atoms with Gasteiger partial charge in [-0.25, -0.2) is 0 Å². The van der Waals surface area contributed by atoms with Crippen molar-refractivity contribution in [3.8, 4) is 22.4 Å². The molecule has 7 heteroatoms. The number of pyridine rings is 1. The Hall–Kier alpha value is -3.03. The molecule has 1 amide bonds. The van der Waals surface area contributed by atoms with Gasteiger partial charge < -0.3 is 14.5 Å². The zero-order valence-electron chi connectivity index (χ0n) is 19.0. The number of anilines is 1. The van der Waals surface area contributed by atoms with E-state index in [0.717, 1.165) is 58.2 Å². The van der Waals surface area contributed by atoms with Crippen LogP contribution in [-0.4, -0.2) is 62.0 Å². The maximum absolute atomic E-state index is 12.7. The van der Waals surface area contributed by atoms with Gasteiger partial charge in [-0.05, 0) is 48.2 Å². The molecular formula is C26H27N3O3S. The summed E-state index contributed by atoms with van der Waals surface area (Å²) in [5, 5.41) is 1.16. The lowest BCUT2D eigenvalue weighted by molar-refractivity contribution is 0.0827. The number of hydrogen-bond acceptors (Lipinski definition) is 6. The first-order valence-electron chi connectivity index (χ1n) is 11.3. The molecule has 0 unspecified atom stereocenters. The van der Waals surface area contributed by atoms with E-state index in [1.807, 2.05) is 36.5 Å². The molecule has 3 aromatic rings. The average Bonchev–Trinajstić information content (AvgIpc) is 3.25. The third-order valence-electron chi connectivity index (χ3n) is 6.23. The van der Waals surface area contributed by atoms with Crippen LogP contribution in [0, 0.1) is 0 Å². The first kappa shape index (κ1) is 21.8. The van der Waals surface area contributed by atoms with Crippen LogP contribution in [0.15, 0.2) is 42.6 Å². The number of ketones is 1. The number of benzene rings is 1. The predicted molar refractivity (Wildman–Crippen MR) is 131 cm³/mol. The van der Waals surface area contributed by atoms with Crippen molar-refractivity contribution >= 4 is 28.0 Å². The molecule has 2 aliphatic rings. The highest BCUT2D eigenvalue weighted by Crippen LogP contribution is 2.46.